The first-order valence-corrected chi connectivity index (χ1v) is 12.2. The molecule has 1 aliphatic heterocycles. The number of fused-ring (bicyclic) bond motifs is 1. The maximum absolute atomic E-state index is 13.4. The Morgan fingerprint density at radius 3 is 2.41 bits per heavy atom. The number of nitrogens with one attached hydrogen (secondary N) is 1. The first kappa shape index (κ1) is 24.0. The molecular formula is C27H33FN2O4. The van der Waals surface area contributed by atoms with Crippen LogP contribution in [0.25, 0.3) is 0 Å². The van der Waals surface area contributed by atoms with Crippen molar-refractivity contribution in [2.24, 2.45) is 0 Å². The predicted molar refractivity (Wildman–Crippen MR) is 127 cm³/mol. The zero-order valence-electron chi connectivity index (χ0n) is 19.7. The number of hydrogen-bond acceptors (Lipinski definition) is 4. The van der Waals surface area contributed by atoms with Crippen LogP contribution < -0.4 is 14.8 Å². The minimum absolute atomic E-state index is 0.120. The molecule has 2 aromatic carbocycles. The third kappa shape index (κ3) is 6.27. The van der Waals surface area contributed by atoms with Crippen molar-refractivity contribution in [2.75, 3.05) is 13.2 Å². The van der Waals surface area contributed by atoms with E-state index in [2.05, 4.69) is 5.32 Å². The van der Waals surface area contributed by atoms with Crippen LogP contribution in [0.3, 0.4) is 0 Å². The smallest absolute Gasteiger partial charge is 0.242 e. The van der Waals surface area contributed by atoms with Crippen LogP contribution in [0.2, 0.25) is 0 Å². The highest BCUT2D eigenvalue weighted by atomic mass is 19.1. The van der Waals surface area contributed by atoms with Gasteiger partial charge in [0.05, 0.1) is 0 Å². The normalized spacial score (nSPS) is 16.5. The monoisotopic (exact) mass is 468 g/mol. The molecule has 0 saturated heterocycles. The van der Waals surface area contributed by atoms with E-state index in [9.17, 15) is 14.0 Å². The van der Waals surface area contributed by atoms with Crippen molar-refractivity contribution in [3.8, 4) is 11.5 Å². The van der Waals surface area contributed by atoms with Gasteiger partial charge < -0.3 is 19.7 Å². The van der Waals surface area contributed by atoms with Crippen molar-refractivity contribution >= 4 is 11.8 Å². The number of ether oxygens (including phenoxy) is 2. The maximum atomic E-state index is 13.4. The number of benzene rings is 2. The van der Waals surface area contributed by atoms with Crippen molar-refractivity contribution in [1.29, 1.82) is 0 Å². The summed E-state index contributed by atoms with van der Waals surface area (Å²) in [6.45, 7) is 3.06. The molecule has 0 spiro atoms. The van der Waals surface area contributed by atoms with Gasteiger partial charge in [-0.05, 0) is 61.6 Å². The SMILES string of the molecule is CC(C(=O)NC1CCCCC1)N(Cc1ccc(F)cc1)C(=O)CCc1ccc2c(c1)OCCO2. The standard InChI is InChI=1S/C27H33FN2O4/c1-19(27(32)29-23-5-3-2-4-6-23)30(18-21-7-11-22(28)12-8-21)26(31)14-10-20-9-13-24-25(17-20)34-16-15-33-24/h7-9,11-13,17,19,23H,2-6,10,14-16,18H2,1H3,(H,29,32). The Labute approximate surface area is 200 Å². The van der Waals surface area contributed by atoms with Crippen LogP contribution in [0.4, 0.5) is 4.39 Å². The molecule has 34 heavy (non-hydrogen) atoms. The summed E-state index contributed by atoms with van der Waals surface area (Å²) in [7, 11) is 0. The lowest BCUT2D eigenvalue weighted by Gasteiger charge is -2.31. The summed E-state index contributed by atoms with van der Waals surface area (Å²) in [4.78, 5) is 28.0. The van der Waals surface area contributed by atoms with Gasteiger partial charge >= 0.3 is 0 Å². The molecule has 1 aliphatic carbocycles. The second-order valence-electron chi connectivity index (χ2n) is 9.15. The third-order valence-electron chi connectivity index (χ3n) is 6.62. The molecule has 1 unspecified atom stereocenters. The molecule has 1 N–H and O–H groups in total. The summed E-state index contributed by atoms with van der Waals surface area (Å²) in [5.74, 6) is 0.822. The van der Waals surface area contributed by atoms with Gasteiger partial charge in [-0.3, -0.25) is 9.59 Å². The molecule has 2 amide bonds. The van der Waals surface area contributed by atoms with Gasteiger partial charge in [0.15, 0.2) is 11.5 Å². The minimum atomic E-state index is -0.625. The molecule has 4 rings (SSSR count). The number of aryl methyl sites for hydroxylation is 1. The quantitative estimate of drug-likeness (QED) is 0.624. The van der Waals surface area contributed by atoms with Crippen molar-refractivity contribution in [3.05, 3.63) is 59.4 Å². The fourth-order valence-electron chi connectivity index (χ4n) is 4.58. The van der Waals surface area contributed by atoms with Gasteiger partial charge in [0.1, 0.15) is 25.1 Å². The number of halogens is 1. The van der Waals surface area contributed by atoms with Gasteiger partial charge in [0.2, 0.25) is 11.8 Å². The Morgan fingerprint density at radius 2 is 1.68 bits per heavy atom. The highest BCUT2D eigenvalue weighted by Crippen LogP contribution is 2.31. The number of nitrogens with zero attached hydrogens (tertiary/aromatic N) is 1. The van der Waals surface area contributed by atoms with E-state index in [0.29, 0.717) is 31.1 Å². The Hall–Kier alpha value is -3.09. The van der Waals surface area contributed by atoms with Crippen LogP contribution in [0.5, 0.6) is 11.5 Å². The summed E-state index contributed by atoms with van der Waals surface area (Å²) < 4.78 is 24.6. The number of hydrogen-bond donors (Lipinski definition) is 1. The number of amides is 2. The Kier molecular flexibility index (Phi) is 8.03. The highest BCUT2D eigenvalue weighted by molar-refractivity contribution is 5.87. The third-order valence-corrected chi connectivity index (χ3v) is 6.62. The molecule has 1 fully saturated rings. The van der Waals surface area contributed by atoms with E-state index >= 15 is 0 Å². The largest absolute Gasteiger partial charge is 0.486 e. The van der Waals surface area contributed by atoms with Gasteiger partial charge in [0, 0.05) is 19.0 Å². The van der Waals surface area contributed by atoms with E-state index in [-0.39, 0.29) is 36.6 Å². The molecule has 1 saturated carbocycles. The Morgan fingerprint density at radius 1 is 1.00 bits per heavy atom. The summed E-state index contributed by atoms with van der Waals surface area (Å²) in [6, 6.07) is 11.3. The highest BCUT2D eigenvalue weighted by Gasteiger charge is 2.28. The van der Waals surface area contributed by atoms with Gasteiger partial charge in [-0.25, -0.2) is 4.39 Å². The average molecular weight is 469 g/mol. The van der Waals surface area contributed by atoms with Gasteiger partial charge in [-0.1, -0.05) is 37.5 Å². The molecule has 0 radical (unpaired) electrons. The second kappa shape index (κ2) is 11.4. The van der Waals surface area contributed by atoms with Crippen LogP contribution >= 0.6 is 0 Å². The lowest BCUT2D eigenvalue weighted by atomic mass is 9.95. The predicted octanol–water partition coefficient (Wildman–Crippen LogP) is 4.40. The molecule has 0 aromatic heterocycles. The van der Waals surface area contributed by atoms with Crippen LogP contribution in [0.15, 0.2) is 42.5 Å². The maximum Gasteiger partial charge on any atom is 0.242 e. The number of rotatable bonds is 8. The zero-order valence-corrected chi connectivity index (χ0v) is 19.7. The fourth-order valence-corrected chi connectivity index (χ4v) is 4.58. The van der Waals surface area contributed by atoms with Crippen molar-refractivity contribution in [2.45, 2.75) is 70.5 Å². The molecule has 1 heterocycles. The van der Waals surface area contributed by atoms with Crippen molar-refractivity contribution in [3.63, 3.8) is 0 Å². The van der Waals surface area contributed by atoms with E-state index in [4.69, 9.17) is 9.47 Å². The average Bonchev–Trinajstić information content (AvgIpc) is 2.87. The molecule has 6 nitrogen and oxygen atoms in total. The Bertz CT molecular complexity index is 989. The molecule has 7 heteroatoms. The van der Waals surface area contributed by atoms with E-state index < -0.39 is 6.04 Å². The van der Waals surface area contributed by atoms with Crippen LogP contribution in [0.1, 0.15) is 56.6 Å². The molecular weight excluding hydrogens is 435 g/mol. The van der Waals surface area contributed by atoms with Crippen LogP contribution in [-0.4, -0.2) is 42.0 Å². The number of carbonyl (C=O) groups is 2. The van der Waals surface area contributed by atoms with E-state index in [0.717, 1.165) is 36.8 Å². The number of carbonyl (C=O) groups excluding carboxylic acids is 2. The van der Waals surface area contributed by atoms with Gasteiger partial charge in [-0.2, -0.15) is 0 Å². The summed E-state index contributed by atoms with van der Waals surface area (Å²) in [6.07, 6.45) is 6.17. The van der Waals surface area contributed by atoms with Gasteiger partial charge in [-0.15, -0.1) is 0 Å². The molecule has 0 bridgehead atoms. The summed E-state index contributed by atoms with van der Waals surface area (Å²) in [5.41, 5.74) is 1.75. The first-order chi connectivity index (χ1) is 16.5. The second-order valence-corrected chi connectivity index (χ2v) is 9.15. The summed E-state index contributed by atoms with van der Waals surface area (Å²) in [5, 5.41) is 3.13. The van der Waals surface area contributed by atoms with E-state index in [1.165, 1.54) is 18.6 Å². The Balaban J connectivity index is 1.44. The van der Waals surface area contributed by atoms with Gasteiger partial charge in [0.25, 0.3) is 0 Å². The van der Waals surface area contributed by atoms with Crippen LogP contribution in [-0.2, 0) is 22.6 Å². The topological polar surface area (TPSA) is 67.9 Å². The first-order valence-electron chi connectivity index (χ1n) is 12.2. The van der Waals surface area contributed by atoms with E-state index in [1.807, 2.05) is 18.2 Å². The van der Waals surface area contributed by atoms with E-state index in [1.54, 1.807) is 24.0 Å². The fraction of sp³-hybridized carbons (Fsp3) is 0.481. The molecule has 1 atom stereocenters. The molecule has 2 aromatic rings. The summed E-state index contributed by atoms with van der Waals surface area (Å²) >= 11 is 0. The van der Waals surface area contributed by atoms with Crippen molar-refractivity contribution in [1.82, 2.24) is 10.2 Å². The van der Waals surface area contributed by atoms with Crippen LogP contribution in [0, 0.1) is 5.82 Å². The molecule has 182 valence electrons. The molecule has 2 aliphatic rings. The minimum Gasteiger partial charge on any atom is -0.486 e. The zero-order chi connectivity index (χ0) is 23.9. The lowest BCUT2D eigenvalue weighted by Crippen LogP contribution is -2.50. The lowest BCUT2D eigenvalue weighted by molar-refractivity contribution is -0.141. The van der Waals surface area contributed by atoms with Crippen molar-refractivity contribution < 1.29 is 23.5 Å².